The highest BCUT2D eigenvalue weighted by Gasteiger charge is 2.08. The molecule has 0 aliphatic carbocycles. The van der Waals surface area contributed by atoms with E-state index in [-0.39, 0.29) is 0 Å². The highest BCUT2D eigenvalue weighted by Crippen LogP contribution is 2.11. The molecular weight excluding hydrogens is 236 g/mol. The molecule has 1 aromatic rings. The lowest BCUT2D eigenvalue weighted by Gasteiger charge is -2.19. The van der Waals surface area contributed by atoms with Crippen LogP contribution in [0.1, 0.15) is 51.9 Å². The van der Waals surface area contributed by atoms with Crippen molar-refractivity contribution in [2.75, 3.05) is 19.6 Å². The fraction of sp³-hybridized carbons (Fsp3) is 0.750. The van der Waals surface area contributed by atoms with E-state index in [1.807, 2.05) is 6.26 Å². The fourth-order valence-electron chi connectivity index (χ4n) is 2.23. The average Bonchev–Trinajstić information content (AvgIpc) is 2.77. The summed E-state index contributed by atoms with van der Waals surface area (Å²) in [6, 6.07) is 2.19. The lowest BCUT2D eigenvalue weighted by Crippen LogP contribution is -2.24. The molecule has 0 radical (unpaired) electrons. The Morgan fingerprint density at radius 2 is 1.89 bits per heavy atom. The molecule has 0 aromatic carbocycles. The minimum Gasteiger partial charge on any atom is -0.468 e. The summed E-state index contributed by atoms with van der Waals surface area (Å²) in [4.78, 5) is 2.46. The Bertz CT molecular complexity index is 327. The van der Waals surface area contributed by atoms with Gasteiger partial charge in [0.1, 0.15) is 5.76 Å². The van der Waals surface area contributed by atoms with Crippen LogP contribution in [0.3, 0.4) is 0 Å². The van der Waals surface area contributed by atoms with Crippen molar-refractivity contribution in [3.63, 3.8) is 0 Å². The van der Waals surface area contributed by atoms with Crippen molar-refractivity contribution >= 4 is 0 Å². The van der Waals surface area contributed by atoms with Gasteiger partial charge >= 0.3 is 0 Å². The van der Waals surface area contributed by atoms with Crippen LogP contribution in [0.5, 0.6) is 0 Å². The van der Waals surface area contributed by atoms with E-state index in [1.54, 1.807) is 0 Å². The van der Waals surface area contributed by atoms with Gasteiger partial charge in [0.25, 0.3) is 0 Å². The van der Waals surface area contributed by atoms with Crippen LogP contribution in [0, 0.1) is 5.92 Å². The van der Waals surface area contributed by atoms with Crippen LogP contribution >= 0.6 is 0 Å². The Morgan fingerprint density at radius 3 is 2.47 bits per heavy atom. The standard InChI is InChI=1S/C16H30N2O/c1-5-7-18(8-6-2)12-16-9-15(13-19-16)11-17-10-14(3)4/h9,13-14,17H,5-8,10-12H2,1-4H3. The van der Waals surface area contributed by atoms with Gasteiger partial charge in [0.2, 0.25) is 0 Å². The third-order valence-corrected chi connectivity index (χ3v) is 3.05. The lowest BCUT2D eigenvalue weighted by atomic mass is 10.2. The Labute approximate surface area is 118 Å². The molecule has 1 N–H and O–H groups in total. The van der Waals surface area contributed by atoms with Crippen LogP contribution in [0.4, 0.5) is 0 Å². The molecule has 110 valence electrons. The maximum absolute atomic E-state index is 5.66. The largest absolute Gasteiger partial charge is 0.468 e. The zero-order valence-electron chi connectivity index (χ0n) is 13.0. The number of nitrogens with one attached hydrogen (secondary N) is 1. The van der Waals surface area contributed by atoms with Gasteiger partial charge in [-0.2, -0.15) is 0 Å². The highest BCUT2D eigenvalue weighted by atomic mass is 16.3. The quantitative estimate of drug-likeness (QED) is 0.701. The van der Waals surface area contributed by atoms with E-state index in [0.717, 1.165) is 38.5 Å². The summed E-state index contributed by atoms with van der Waals surface area (Å²) in [6.45, 7) is 14.1. The van der Waals surface area contributed by atoms with Crippen molar-refractivity contribution in [2.24, 2.45) is 5.92 Å². The smallest absolute Gasteiger partial charge is 0.118 e. The van der Waals surface area contributed by atoms with E-state index < -0.39 is 0 Å². The Hall–Kier alpha value is -0.800. The predicted molar refractivity (Wildman–Crippen MR) is 81.1 cm³/mol. The SMILES string of the molecule is CCCN(CCC)Cc1cc(CNCC(C)C)co1. The first-order valence-electron chi connectivity index (χ1n) is 7.65. The lowest BCUT2D eigenvalue weighted by molar-refractivity contribution is 0.244. The van der Waals surface area contributed by atoms with E-state index in [0.29, 0.717) is 5.92 Å². The molecule has 0 aliphatic rings. The van der Waals surface area contributed by atoms with E-state index in [1.165, 1.54) is 18.4 Å². The second kappa shape index (κ2) is 9.16. The molecule has 1 rings (SSSR count). The third-order valence-electron chi connectivity index (χ3n) is 3.05. The molecule has 1 aromatic heterocycles. The molecule has 0 spiro atoms. The Morgan fingerprint density at radius 1 is 1.21 bits per heavy atom. The molecular formula is C16H30N2O. The maximum Gasteiger partial charge on any atom is 0.118 e. The summed E-state index contributed by atoms with van der Waals surface area (Å²) in [5, 5.41) is 3.44. The second-order valence-electron chi connectivity index (χ2n) is 5.72. The summed E-state index contributed by atoms with van der Waals surface area (Å²) < 4.78 is 5.66. The second-order valence-corrected chi connectivity index (χ2v) is 5.72. The van der Waals surface area contributed by atoms with Crippen LogP contribution < -0.4 is 5.32 Å². The van der Waals surface area contributed by atoms with E-state index in [4.69, 9.17) is 4.42 Å². The molecule has 0 atom stereocenters. The molecule has 0 saturated carbocycles. The summed E-state index contributed by atoms with van der Waals surface area (Å²) in [5.41, 5.74) is 1.25. The minimum absolute atomic E-state index is 0.691. The normalized spacial score (nSPS) is 11.7. The van der Waals surface area contributed by atoms with Crippen molar-refractivity contribution in [2.45, 2.75) is 53.6 Å². The molecule has 0 saturated heterocycles. The predicted octanol–water partition coefficient (Wildman–Crippen LogP) is 3.65. The monoisotopic (exact) mass is 266 g/mol. The van der Waals surface area contributed by atoms with Crippen LogP contribution in [0.15, 0.2) is 16.7 Å². The first-order chi connectivity index (χ1) is 9.15. The third kappa shape index (κ3) is 6.79. The van der Waals surface area contributed by atoms with Gasteiger partial charge in [0.15, 0.2) is 0 Å². The van der Waals surface area contributed by atoms with Gasteiger partial charge in [-0.25, -0.2) is 0 Å². The number of nitrogens with zero attached hydrogens (tertiary/aromatic N) is 1. The van der Waals surface area contributed by atoms with Crippen molar-refractivity contribution in [1.29, 1.82) is 0 Å². The maximum atomic E-state index is 5.66. The van der Waals surface area contributed by atoms with Gasteiger partial charge in [0, 0.05) is 12.1 Å². The number of hydrogen-bond acceptors (Lipinski definition) is 3. The molecule has 19 heavy (non-hydrogen) atoms. The zero-order valence-corrected chi connectivity index (χ0v) is 13.0. The van der Waals surface area contributed by atoms with Crippen LogP contribution in [-0.2, 0) is 13.1 Å². The van der Waals surface area contributed by atoms with Crippen molar-refractivity contribution in [1.82, 2.24) is 10.2 Å². The van der Waals surface area contributed by atoms with Crippen LogP contribution in [-0.4, -0.2) is 24.5 Å². The molecule has 3 heteroatoms. The Balaban J connectivity index is 2.39. The van der Waals surface area contributed by atoms with Gasteiger partial charge in [0.05, 0.1) is 12.8 Å². The highest BCUT2D eigenvalue weighted by molar-refractivity contribution is 5.12. The average molecular weight is 266 g/mol. The summed E-state index contributed by atoms with van der Waals surface area (Å²) in [5.74, 6) is 1.78. The minimum atomic E-state index is 0.691. The van der Waals surface area contributed by atoms with Gasteiger partial charge in [-0.1, -0.05) is 27.7 Å². The van der Waals surface area contributed by atoms with E-state index >= 15 is 0 Å². The molecule has 0 bridgehead atoms. The van der Waals surface area contributed by atoms with Gasteiger partial charge < -0.3 is 9.73 Å². The first kappa shape index (κ1) is 16.3. The summed E-state index contributed by atoms with van der Waals surface area (Å²) in [7, 11) is 0. The van der Waals surface area contributed by atoms with E-state index in [2.05, 4.69) is 44.0 Å². The molecule has 3 nitrogen and oxygen atoms in total. The molecule has 0 aliphatic heterocycles. The molecule has 0 unspecified atom stereocenters. The van der Waals surface area contributed by atoms with Crippen molar-refractivity contribution in [3.05, 3.63) is 23.7 Å². The Kier molecular flexibility index (Phi) is 7.84. The fourth-order valence-corrected chi connectivity index (χ4v) is 2.23. The van der Waals surface area contributed by atoms with E-state index in [9.17, 15) is 0 Å². The molecule has 0 fully saturated rings. The number of rotatable bonds is 10. The van der Waals surface area contributed by atoms with Crippen LogP contribution in [0.25, 0.3) is 0 Å². The van der Waals surface area contributed by atoms with Crippen molar-refractivity contribution < 1.29 is 4.42 Å². The van der Waals surface area contributed by atoms with Crippen molar-refractivity contribution in [3.8, 4) is 0 Å². The number of furan rings is 1. The number of hydrogen-bond donors (Lipinski definition) is 1. The van der Waals surface area contributed by atoms with Gasteiger partial charge in [-0.05, 0) is 44.5 Å². The topological polar surface area (TPSA) is 28.4 Å². The first-order valence-corrected chi connectivity index (χ1v) is 7.65. The summed E-state index contributed by atoms with van der Waals surface area (Å²) in [6.07, 6.45) is 4.28. The van der Waals surface area contributed by atoms with Crippen LogP contribution in [0.2, 0.25) is 0 Å². The van der Waals surface area contributed by atoms with Gasteiger partial charge in [-0.3, -0.25) is 4.90 Å². The zero-order chi connectivity index (χ0) is 14.1. The molecule has 1 heterocycles. The summed E-state index contributed by atoms with van der Waals surface area (Å²) >= 11 is 0. The van der Waals surface area contributed by atoms with Gasteiger partial charge in [-0.15, -0.1) is 0 Å². The molecule has 0 amide bonds.